The minimum absolute atomic E-state index is 0.0443. The first-order chi connectivity index (χ1) is 17.1. The van der Waals surface area contributed by atoms with E-state index in [-0.39, 0.29) is 34.1 Å². The molecule has 5 rings (SSSR count). The summed E-state index contributed by atoms with van der Waals surface area (Å²) in [5.41, 5.74) is 0.727. The van der Waals surface area contributed by atoms with Crippen LogP contribution in [0.4, 0.5) is 13.2 Å². The zero-order valence-corrected chi connectivity index (χ0v) is 19.7. The molecule has 3 aromatic rings. The molecule has 188 valence electrons. The lowest BCUT2D eigenvalue weighted by Gasteiger charge is -2.45. The molecule has 2 aliphatic rings. The molecule has 1 aromatic carbocycles. The summed E-state index contributed by atoms with van der Waals surface area (Å²) in [7, 11) is 0. The smallest absolute Gasteiger partial charge is 0.450 e. The van der Waals surface area contributed by atoms with Crippen LogP contribution in [0.15, 0.2) is 53.3 Å². The molecule has 1 atom stereocenters. The molecule has 36 heavy (non-hydrogen) atoms. The second-order valence-corrected chi connectivity index (χ2v) is 9.56. The van der Waals surface area contributed by atoms with Crippen molar-refractivity contribution in [1.82, 2.24) is 19.9 Å². The number of benzene rings is 1. The molecular formula is C25H22ClF3N4O3. The van der Waals surface area contributed by atoms with Crippen molar-refractivity contribution in [3.8, 4) is 5.69 Å². The Kier molecular flexibility index (Phi) is 6.02. The number of ketones is 1. The van der Waals surface area contributed by atoms with Gasteiger partial charge < -0.3 is 10.4 Å². The Morgan fingerprint density at radius 3 is 2.50 bits per heavy atom. The van der Waals surface area contributed by atoms with E-state index >= 15 is 0 Å². The van der Waals surface area contributed by atoms with E-state index in [4.69, 9.17) is 11.6 Å². The lowest BCUT2D eigenvalue weighted by molar-refractivity contribution is -0.145. The van der Waals surface area contributed by atoms with Crippen molar-refractivity contribution in [2.24, 2.45) is 5.41 Å². The Hall–Kier alpha value is -3.40. The number of imidazole rings is 1. The van der Waals surface area contributed by atoms with Crippen LogP contribution in [0.2, 0.25) is 0 Å². The number of carboxylic acid groups (broad SMARTS) is 1. The number of hydrogen-bond acceptors (Lipinski definition) is 5. The van der Waals surface area contributed by atoms with Gasteiger partial charge in [-0.1, -0.05) is 43.0 Å². The van der Waals surface area contributed by atoms with Gasteiger partial charge in [-0.3, -0.25) is 9.36 Å². The molecule has 0 bridgehead atoms. The van der Waals surface area contributed by atoms with Gasteiger partial charge in [-0.25, -0.2) is 14.8 Å². The van der Waals surface area contributed by atoms with Gasteiger partial charge in [0, 0.05) is 24.0 Å². The van der Waals surface area contributed by atoms with Crippen LogP contribution in [0.1, 0.15) is 43.5 Å². The molecule has 11 heteroatoms. The predicted molar refractivity (Wildman–Crippen MR) is 126 cm³/mol. The number of carbonyl (C=O) groups excluding carboxylic acids is 1. The standard InChI is InChI=1S/C25H22ClF3N4O3/c26-18-19(24(20(18)34)10-2-1-3-11-24)31-17(22(35)36)13-14-6-8-15(9-7-14)33-21-16(5-4-12-30-21)32-23(33)25(27,28)29/h4-9,12,17,31H,1-3,10-11,13H2,(H,35,36)/t17-/m0/s1. The van der Waals surface area contributed by atoms with Gasteiger partial charge in [0.2, 0.25) is 5.82 Å². The predicted octanol–water partition coefficient (Wildman–Crippen LogP) is 5.01. The summed E-state index contributed by atoms with van der Waals surface area (Å²) < 4.78 is 41.9. The molecule has 0 saturated heterocycles. The number of nitrogens with zero attached hydrogens (tertiary/aromatic N) is 3. The number of halogens is 4. The van der Waals surface area contributed by atoms with Crippen molar-refractivity contribution >= 4 is 34.5 Å². The van der Waals surface area contributed by atoms with Crippen LogP contribution in [0, 0.1) is 5.41 Å². The second kappa shape index (κ2) is 8.92. The maximum Gasteiger partial charge on any atom is 0.450 e. The number of carbonyl (C=O) groups is 2. The third-order valence-electron chi connectivity index (χ3n) is 6.96. The molecule has 0 aliphatic heterocycles. The van der Waals surface area contributed by atoms with Crippen LogP contribution < -0.4 is 5.32 Å². The molecule has 1 spiro atoms. The lowest BCUT2D eigenvalue weighted by Crippen LogP contribution is -2.53. The monoisotopic (exact) mass is 518 g/mol. The van der Waals surface area contributed by atoms with Crippen LogP contribution in [-0.4, -0.2) is 37.4 Å². The number of alkyl halides is 3. The number of Topliss-reactive ketones (excluding diaryl/α,β-unsaturated/α-hetero) is 1. The van der Waals surface area contributed by atoms with Crippen molar-refractivity contribution in [1.29, 1.82) is 0 Å². The Balaban J connectivity index is 1.41. The van der Waals surface area contributed by atoms with Crippen molar-refractivity contribution in [2.75, 3.05) is 0 Å². The molecule has 0 amide bonds. The van der Waals surface area contributed by atoms with Gasteiger partial charge in [-0.15, -0.1) is 0 Å². The number of pyridine rings is 1. The van der Waals surface area contributed by atoms with E-state index in [0.717, 1.165) is 23.8 Å². The van der Waals surface area contributed by atoms with E-state index in [1.807, 2.05) is 0 Å². The summed E-state index contributed by atoms with van der Waals surface area (Å²) in [5.74, 6) is -2.35. The Morgan fingerprint density at radius 1 is 1.17 bits per heavy atom. The topological polar surface area (TPSA) is 97.1 Å². The van der Waals surface area contributed by atoms with Gasteiger partial charge in [0.1, 0.15) is 16.6 Å². The number of rotatable bonds is 6. The van der Waals surface area contributed by atoms with Gasteiger partial charge in [0.05, 0.1) is 5.41 Å². The quantitative estimate of drug-likeness (QED) is 0.476. The van der Waals surface area contributed by atoms with Gasteiger partial charge >= 0.3 is 12.1 Å². The Morgan fingerprint density at radius 2 is 1.86 bits per heavy atom. The number of allylic oxidation sites excluding steroid dienone is 2. The average molecular weight is 519 g/mol. The molecule has 0 unspecified atom stereocenters. The number of nitrogens with one attached hydrogen (secondary N) is 1. The summed E-state index contributed by atoms with van der Waals surface area (Å²) in [6.45, 7) is 0. The summed E-state index contributed by atoms with van der Waals surface area (Å²) in [4.78, 5) is 32.3. The first-order valence-corrected chi connectivity index (χ1v) is 11.9. The van der Waals surface area contributed by atoms with Crippen molar-refractivity contribution < 1.29 is 27.9 Å². The lowest BCUT2D eigenvalue weighted by atomic mass is 9.62. The molecule has 7 nitrogen and oxygen atoms in total. The minimum Gasteiger partial charge on any atom is -0.480 e. The van der Waals surface area contributed by atoms with Crippen LogP contribution in [0.5, 0.6) is 0 Å². The number of carboxylic acids is 1. The molecule has 2 aromatic heterocycles. The van der Waals surface area contributed by atoms with Crippen LogP contribution in [-0.2, 0) is 22.2 Å². The second-order valence-electron chi connectivity index (χ2n) is 9.18. The number of aromatic nitrogens is 3. The molecule has 0 radical (unpaired) electrons. The van der Waals surface area contributed by atoms with E-state index in [2.05, 4.69) is 15.3 Å². The molecule has 1 saturated carbocycles. The third-order valence-corrected chi connectivity index (χ3v) is 7.32. The fourth-order valence-corrected chi connectivity index (χ4v) is 5.57. The SMILES string of the molecule is O=C(O)[C@H](Cc1ccc(-n2c(C(F)(F)F)nc3cccnc32)cc1)NC1=C(Cl)C(=O)C12CCCCC2. The van der Waals surface area contributed by atoms with E-state index in [1.165, 1.54) is 30.5 Å². The molecular weight excluding hydrogens is 497 g/mol. The van der Waals surface area contributed by atoms with E-state index in [0.29, 0.717) is 24.1 Å². The van der Waals surface area contributed by atoms with Crippen molar-refractivity contribution in [3.05, 3.63) is 64.7 Å². The van der Waals surface area contributed by atoms with Crippen molar-refractivity contribution in [3.63, 3.8) is 0 Å². The zero-order valence-electron chi connectivity index (χ0n) is 19.0. The molecule has 2 N–H and O–H groups in total. The summed E-state index contributed by atoms with van der Waals surface area (Å²) in [5, 5.41) is 12.9. The molecule has 1 fully saturated rings. The third kappa shape index (κ3) is 4.03. The zero-order chi connectivity index (χ0) is 25.7. The van der Waals surface area contributed by atoms with Crippen LogP contribution in [0.25, 0.3) is 16.9 Å². The highest BCUT2D eigenvalue weighted by atomic mass is 35.5. The van der Waals surface area contributed by atoms with Gasteiger partial charge in [-0.05, 0) is 42.7 Å². The maximum atomic E-state index is 13.7. The highest BCUT2D eigenvalue weighted by Gasteiger charge is 2.54. The number of fused-ring (bicyclic) bond motifs is 1. The Labute approximate surface area is 209 Å². The fraction of sp³-hybridized carbons (Fsp3) is 0.360. The van der Waals surface area contributed by atoms with E-state index < -0.39 is 29.4 Å². The van der Waals surface area contributed by atoms with Gasteiger partial charge in [0.25, 0.3) is 0 Å². The summed E-state index contributed by atoms with van der Waals surface area (Å²) >= 11 is 6.19. The fourth-order valence-electron chi connectivity index (χ4n) is 5.16. The first kappa shape index (κ1) is 24.3. The average Bonchev–Trinajstić information content (AvgIpc) is 3.27. The Bertz CT molecular complexity index is 1380. The largest absolute Gasteiger partial charge is 0.480 e. The van der Waals surface area contributed by atoms with Gasteiger partial charge in [-0.2, -0.15) is 13.2 Å². The van der Waals surface area contributed by atoms with Crippen LogP contribution in [0.3, 0.4) is 0 Å². The first-order valence-electron chi connectivity index (χ1n) is 11.6. The summed E-state index contributed by atoms with van der Waals surface area (Å²) in [6, 6.07) is 7.99. The highest BCUT2D eigenvalue weighted by Crippen LogP contribution is 2.53. The highest BCUT2D eigenvalue weighted by molar-refractivity contribution is 6.47. The van der Waals surface area contributed by atoms with Crippen LogP contribution >= 0.6 is 11.6 Å². The molecule has 2 heterocycles. The van der Waals surface area contributed by atoms with E-state index in [1.54, 1.807) is 12.1 Å². The van der Waals surface area contributed by atoms with Gasteiger partial charge in [0.15, 0.2) is 11.4 Å². The summed E-state index contributed by atoms with van der Waals surface area (Å²) in [6.07, 6.45) is 0.785. The van der Waals surface area contributed by atoms with E-state index in [9.17, 15) is 27.9 Å². The number of aliphatic carboxylic acids is 1. The minimum atomic E-state index is -4.69. The maximum absolute atomic E-state index is 13.7. The molecule has 2 aliphatic carbocycles. The van der Waals surface area contributed by atoms with Crippen molar-refractivity contribution in [2.45, 2.75) is 50.7 Å². The normalized spacial score (nSPS) is 18.4. The number of hydrogen-bond donors (Lipinski definition) is 2.